The Bertz CT molecular complexity index is 1610. The van der Waals surface area contributed by atoms with Crippen molar-refractivity contribution in [1.82, 2.24) is 4.90 Å². The van der Waals surface area contributed by atoms with Crippen LogP contribution in [0.3, 0.4) is 0 Å². The van der Waals surface area contributed by atoms with Crippen LogP contribution in [0, 0.1) is 24.1 Å². The van der Waals surface area contributed by atoms with Crippen LogP contribution in [0.15, 0.2) is 36.4 Å². The monoisotopic (exact) mass is 639 g/mol. The van der Waals surface area contributed by atoms with E-state index in [9.17, 15) is 45.6 Å². The van der Waals surface area contributed by atoms with E-state index in [0.717, 1.165) is 4.90 Å². The average molecular weight is 640 g/mol. The first kappa shape index (κ1) is 33.1. The van der Waals surface area contributed by atoms with Crippen molar-refractivity contribution in [2.75, 3.05) is 25.0 Å². The number of anilines is 1. The predicted octanol–water partition coefficient (Wildman–Crippen LogP) is 7.88. The number of carbonyl (C=O) groups excluding carboxylic acids is 2. The van der Waals surface area contributed by atoms with Crippen molar-refractivity contribution in [2.24, 2.45) is 0 Å². The van der Waals surface area contributed by atoms with Crippen LogP contribution in [0.25, 0.3) is 10.4 Å². The summed E-state index contributed by atoms with van der Waals surface area (Å²) in [6.45, 7) is 5.25. The number of nitrogens with zero attached hydrogens (tertiary/aromatic N) is 3. The molecule has 0 radical (unpaired) electrons. The maximum absolute atomic E-state index is 14.1. The molecule has 13 heteroatoms. The molecule has 1 saturated heterocycles. The first-order valence-corrected chi connectivity index (χ1v) is 14.3. The molecule has 0 saturated carbocycles. The van der Waals surface area contributed by atoms with Gasteiger partial charge in [-0.1, -0.05) is 6.07 Å². The number of hydrogen-bond donors (Lipinski definition) is 0. The number of alkyl halides is 6. The van der Waals surface area contributed by atoms with Gasteiger partial charge in [-0.3, -0.25) is 14.5 Å². The van der Waals surface area contributed by atoms with Crippen LogP contribution in [0.2, 0.25) is 0 Å². The van der Waals surface area contributed by atoms with Crippen molar-refractivity contribution in [3.8, 4) is 16.5 Å². The second-order valence-corrected chi connectivity index (χ2v) is 12.4. The molecule has 1 aliphatic rings. The number of ketones is 1. The SMILES string of the molecule is Cc1cc(F)ccc1-c1sc(CN2CCC(=O)CC2)c(C#N)c1N(C)C(=O)C(C)(C)c1cc(C(F)(F)F)cc(C(F)(F)F)c1. The number of likely N-dealkylation sites (N-methyl/N-ethyl adjacent to an activating group) is 1. The second kappa shape index (κ2) is 12.0. The fourth-order valence-electron chi connectivity index (χ4n) is 5.20. The highest BCUT2D eigenvalue weighted by Gasteiger charge is 2.42. The molecule has 1 aliphatic heterocycles. The topological polar surface area (TPSA) is 64.4 Å². The molecule has 2 aromatic carbocycles. The molecule has 0 N–H and O–H groups in total. The van der Waals surface area contributed by atoms with Crippen LogP contribution in [-0.4, -0.2) is 36.7 Å². The summed E-state index contributed by atoms with van der Waals surface area (Å²) in [6.07, 6.45) is -9.53. The molecule has 1 amide bonds. The van der Waals surface area contributed by atoms with Gasteiger partial charge in [0.05, 0.1) is 32.7 Å². The molecule has 44 heavy (non-hydrogen) atoms. The highest BCUT2D eigenvalue weighted by molar-refractivity contribution is 7.16. The number of hydrogen-bond acceptors (Lipinski definition) is 5. The number of piperidine rings is 1. The van der Waals surface area contributed by atoms with Crippen molar-refractivity contribution in [3.63, 3.8) is 0 Å². The third-order valence-corrected chi connectivity index (χ3v) is 8.96. The summed E-state index contributed by atoms with van der Waals surface area (Å²) in [5, 5.41) is 10.3. The largest absolute Gasteiger partial charge is 0.416 e. The van der Waals surface area contributed by atoms with E-state index in [2.05, 4.69) is 6.07 Å². The minimum atomic E-state index is -5.11. The zero-order valence-electron chi connectivity index (χ0n) is 24.2. The zero-order valence-corrected chi connectivity index (χ0v) is 25.0. The minimum Gasteiger partial charge on any atom is -0.312 e. The van der Waals surface area contributed by atoms with E-state index in [0.29, 0.717) is 58.9 Å². The van der Waals surface area contributed by atoms with Crippen molar-refractivity contribution in [2.45, 2.75) is 57.9 Å². The van der Waals surface area contributed by atoms with Gasteiger partial charge in [0.15, 0.2) is 0 Å². The number of carbonyl (C=O) groups is 2. The molecule has 1 fully saturated rings. The number of nitriles is 1. The molecule has 1 aromatic heterocycles. The Hall–Kier alpha value is -3.76. The third kappa shape index (κ3) is 6.66. The Morgan fingerprint density at radius 3 is 2.02 bits per heavy atom. The summed E-state index contributed by atoms with van der Waals surface area (Å²) in [5.74, 6) is -1.26. The van der Waals surface area contributed by atoms with E-state index < -0.39 is 46.2 Å². The lowest BCUT2D eigenvalue weighted by Gasteiger charge is -2.31. The predicted molar refractivity (Wildman–Crippen MR) is 152 cm³/mol. The quantitative estimate of drug-likeness (QED) is 0.258. The standard InChI is InChI=1S/C31H28F7N3O2S/c1-17-11-21(32)5-6-23(17)27-26(24(15-39)25(44-27)16-41-9-7-22(42)8-10-41)40(4)28(43)29(2,3)18-12-19(30(33,34)35)14-20(13-18)31(36,37)38/h5-6,11-14H,7-10,16H2,1-4H3. The Kier molecular flexibility index (Phi) is 9.01. The molecule has 3 aromatic rings. The van der Waals surface area contributed by atoms with Gasteiger partial charge in [0.2, 0.25) is 5.91 Å². The van der Waals surface area contributed by atoms with Gasteiger partial charge >= 0.3 is 12.4 Å². The highest BCUT2D eigenvalue weighted by atomic mass is 32.1. The molecule has 234 valence electrons. The van der Waals surface area contributed by atoms with Gasteiger partial charge in [-0.2, -0.15) is 31.6 Å². The van der Waals surface area contributed by atoms with Crippen LogP contribution in [0.1, 0.15) is 59.4 Å². The number of amides is 1. The molecule has 5 nitrogen and oxygen atoms in total. The van der Waals surface area contributed by atoms with Gasteiger partial charge in [0, 0.05) is 44.4 Å². The van der Waals surface area contributed by atoms with E-state index >= 15 is 0 Å². The summed E-state index contributed by atoms with van der Waals surface area (Å²) in [4.78, 5) is 29.8. The average Bonchev–Trinajstić information content (AvgIpc) is 3.29. The van der Waals surface area contributed by atoms with Crippen molar-refractivity contribution in [1.29, 1.82) is 5.26 Å². The van der Waals surface area contributed by atoms with E-state index in [4.69, 9.17) is 0 Å². The van der Waals surface area contributed by atoms with Gasteiger partial charge < -0.3 is 4.90 Å². The molecule has 0 atom stereocenters. The Balaban J connectivity index is 1.86. The molecule has 0 unspecified atom stereocenters. The fourth-order valence-corrected chi connectivity index (χ4v) is 6.62. The number of halogens is 7. The first-order chi connectivity index (χ1) is 20.3. The van der Waals surface area contributed by atoms with Crippen LogP contribution in [0.5, 0.6) is 0 Å². The van der Waals surface area contributed by atoms with Gasteiger partial charge in [-0.15, -0.1) is 11.3 Å². The summed E-state index contributed by atoms with van der Waals surface area (Å²) in [7, 11) is 1.30. The van der Waals surface area contributed by atoms with Crippen LogP contribution in [-0.2, 0) is 33.9 Å². The lowest BCUT2D eigenvalue weighted by molar-refractivity contribution is -0.143. The molecular weight excluding hydrogens is 611 g/mol. The lowest BCUT2D eigenvalue weighted by Crippen LogP contribution is -2.42. The normalized spacial score (nSPS) is 14.9. The first-order valence-electron chi connectivity index (χ1n) is 13.5. The maximum Gasteiger partial charge on any atom is 0.416 e. The van der Waals surface area contributed by atoms with Crippen molar-refractivity contribution in [3.05, 3.63) is 74.9 Å². The van der Waals surface area contributed by atoms with Crippen molar-refractivity contribution < 1.29 is 40.3 Å². The molecule has 0 aliphatic carbocycles. The molecule has 0 bridgehead atoms. The Morgan fingerprint density at radius 2 is 1.52 bits per heavy atom. The molecule has 4 rings (SSSR count). The highest BCUT2D eigenvalue weighted by Crippen LogP contribution is 2.46. The number of thiophene rings is 1. The van der Waals surface area contributed by atoms with E-state index in [1.165, 1.54) is 50.4 Å². The van der Waals surface area contributed by atoms with Gasteiger partial charge in [0.1, 0.15) is 17.7 Å². The Morgan fingerprint density at radius 1 is 0.977 bits per heavy atom. The van der Waals surface area contributed by atoms with Crippen LogP contribution < -0.4 is 4.90 Å². The van der Waals surface area contributed by atoms with Crippen LogP contribution in [0.4, 0.5) is 36.4 Å². The van der Waals surface area contributed by atoms with E-state index in [1.807, 2.05) is 4.90 Å². The number of aryl methyl sites for hydroxylation is 1. The maximum atomic E-state index is 14.1. The summed E-state index contributed by atoms with van der Waals surface area (Å²) < 4.78 is 95.8. The third-order valence-electron chi connectivity index (χ3n) is 7.77. The van der Waals surface area contributed by atoms with Crippen molar-refractivity contribution >= 4 is 28.7 Å². The van der Waals surface area contributed by atoms with Gasteiger partial charge in [-0.25, -0.2) is 4.39 Å². The fraction of sp³-hybridized carbons (Fsp3) is 0.387. The number of Topliss-reactive ketones (excluding diaryl/α,β-unsaturated/α-hetero) is 1. The van der Waals surface area contributed by atoms with Gasteiger partial charge in [0.25, 0.3) is 0 Å². The summed E-state index contributed by atoms with van der Waals surface area (Å²) in [6, 6.07) is 7.12. The second-order valence-electron chi connectivity index (χ2n) is 11.2. The van der Waals surface area contributed by atoms with Gasteiger partial charge in [-0.05, 0) is 67.8 Å². The number of likely N-dealkylation sites (tertiary alicyclic amines) is 1. The van der Waals surface area contributed by atoms with E-state index in [1.54, 1.807) is 6.92 Å². The van der Waals surface area contributed by atoms with E-state index in [-0.39, 0.29) is 29.6 Å². The zero-order chi connectivity index (χ0) is 32.8. The molecule has 0 spiro atoms. The molecule has 2 heterocycles. The minimum absolute atomic E-state index is 0.00368. The van der Waals surface area contributed by atoms with Crippen LogP contribution >= 0.6 is 11.3 Å². The summed E-state index contributed by atoms with van der Waals surface area (Å²) in [5.41, 5.74) is -4.34. The number of rotatable bonds is 6. The Labute approximate surface area is 253 Å². The number of benzene rings is 2. The smallest absolute Gasteiger partial charge is 0.312 e. The summed E-state index contributed by atoms with van der Waals surface area (Å²) >= 11 is 1.18. The molecular formula is C31H28F7N3O2S. The lowest BCUT2D eigenvalue weighted by atomic mass is 9.81.